The second-order valence-corrected chi connectivity index (χ2v) is 5.87. The van der Waals surface area contributed by atoms with E-state index >= 15 is 0 Å². The highest BCUT2D eigenvalue weighted by atomic mass is 16.5. The van der Waals surface area contributed by atoms with Crippen molar-refractivity contribution in [2.75, 3.05) is 19.7 Å². The summed E-state index contributed by atoms with van der Waals surface area (Å²) in [6, 6.07) is 0. The number of rotatable bonds is 9. The van der Waals surface area contributed by atoms with Crippen LogP contribution >= 0.6 is 0 Å². The Kier molecular flexibility index (Phi) is 8.61. The summed E-state index contributed by atoms with van der Waals surface area (Å²) >= 11 is 0. The molecule has 7 nitrogen and oxygen atoms in total. The van der Waals surface area contributed by atoms with Crippen LogP contribution in [-0.2, 0) is 18.3 Å². The van der Waals surface area contributed by atoms with Crippen molar-refractivity contribution in [3.05, 3.63) is 11.6 Å². The van der Waals surface area contributed by atoms with Gasteiger partial charge in [-0.05, 0) is 33.1 Å². The third kappa shape index (κ3) is 6.56. The Hall–Kier alpha value is -1.63. The minimum Gasteiger partial charge on any atom is -0.378 e. The topological polar surface area (TPSA) is 76.4 Å². The average Bonchev–Trinajstić information content (AvgIpc) is 2.83. The number of nitrogens with one attached hydrogen (secondary N) is 2. The van der Waals surface area contributed by atoms with E-state index in [4.69, 9.17) is 4.74 Å². The van der Waals surface area contributed by atoms with E-state index in [0.29, 0.717) is 12.5 Å². The molecule has 0 aliphatic carbocycles. The lowest BCUT2D eigenvalue weighted by molar-refractivity contribution is 0.0258. The highest BCUT2D eigenvalue weighted by Crippen LogP contribution is 2.09. The molecule has 1 heterocycles. The monoisotopic (exact) mass is 324 g/mol. The van der Waals surface area contributed by atoms with E-state index in [1.807, 2.05) is 25.5 Å². The summed E-state index contributed by atoms with van der Waals surface area (Å²) in [5, 5.41) is 14.8. The van der Waals surface area contributed by atoms with E-state index in [0.717, 1.165) is 43.7 Å². The molecule has 1 aromatic heterocycles. The van der Waals surface area contributed by atoms with E-state index in [-0.39, 0.29) is 6.10 Å². The molecule has 0 saturated heterocycles. The van der Waals surface area contributed by atoms with Crippen LogP contribution in [0.25, 0.3) is 0 Å². The van der Waals surface area contributed by atoms with Gasteiger partial charge in [0.2, 0.25) is 0 Å². The lowest BCUT2D eigenvalue weighted by Crippen LogP contribution is -2.39. The Labute approximate surface area is 139 Å². The molecule has 132 valence electrons. The van der Waals surface area contributed by atoms with Crippen molar-refractivity contribution >= 4 is 5.96 Å². The molecule has 0 aliphatic rings. The Morgan fingerprint density at radius 1 is 1.26 bits per heavy atom. The first-order chi connectivity index (χ1) is 11.0. The largest absolute Gasteiger partial charge is 0.378 e. The van der Waals surface area contributed by atoms with Gasteiger partial charge in [0.15, 0.2) is 11.8 Å². The highest BCUT2D eigenvalue weighted by molar-refractivity contribution is 5.79. The third-order valence-corrected chi connectivity index (χ3v) is 3.75. The third-order valence-electron chi connectivity index (χ3n) is 3.75. The van der Waals surface area contributed by atoms with Crippen molar-refractivity contribution in [3.63, 3.8) is 0 Å². The lowest BCUT2D eigenvalue weighted by atomic mass is 10.0. The van der Waals surface area contributed by atoms with Crippen molar-refractivity contribution in [1.29, 1.82) is 0 Å². The summed E-state index contributed by atoms with van der Waals surface area (Å²) in [6.45, 7) is 13.3. The van der Waals surface area contributed by atoms with Gasteiger partial charge in [-0.2, -0.15) is 0 Å². The molecule has 1 aromatic rings. The molecular weight excluding hydrogens is 292 g/mol. The molecule has 0 aliphatic heterocycles. The van der Waals surface area contributed by atoms with Crippen LogP contribution in [0.5, 0.6) is 0 Å². The maximum absolute atomic E-state index is 5.77. The Morgan fingerprint density at radius 2 is 2.00 bits per heavy atom. The zero-order chi connectivity index (χ0) is 17.2. The summed E-state index contributed by atoms with van der Waals surface area (Å²) in [4.78, 5) is 4.58. The van der Waals surface area contributed by atoms with Crippen molar-refractivity contribution in [2.24, 2.45) is 18.0 Å². The molecule has 1 unspecified atom stereocenters. The molecule has 0 aromatic carbocycles. The van der Waals surface area contributed by atoms with Gasteiger partial charge in [-0.25, -0.2) is 4.99 Å². The standard InChI is InChI=1S/C16H32N6O/c1-7-17-16(18-10-9-14(12(3)4)23-8-2)19-11-15-21-20-13(5)22(15)6/h12,14H,7-11H2,1-6H3,(H2,17,18,19). The molecule has 0 bridgehead atoms. The molecule has 1 rings (SSSR count). The smallest absolute Gasteiger partial charge is 0.191 e. The van der Waals surface area contributed by atoms with Crippen LogP contribution < -0.4 is 10.6 Å². The Balaban J connectivity index is 2.54. The van der Waals surface area contributed by atoms with Crippen LogP contribution in [0.15, 0.2) is 4.99 Å². The van der Waals surface area contributed by atoms with Crippen LogP contribution in [0.4, 0.5) is 0 Å². The second-order valence-electron chi connectivity index (χ2n) is 5.87. The number of aromatic nitrogens is 3. The summed E-state index contributed by atoms with van der Waals surface area (Å²) in [6.07, 6.45) is 1.23. The number of hydrogen-bond acceptors (Lipinski definition) is 4. The van der Waals surface area contributed by atoms with Gasteiger partial charge in [0.05, 0.1) is 6.10 Å². The summed E-state index contributed by atoms with van der Waals surface area (Å²) in [7, 11) is 1.95. The first kappa shape index (κ1) is 19.4. The predicted molar refractivity (Wildman–Crippen MR) is 93.4 cm³/mol. The molecule has 0 saturated carbocycles. The minimum atomic E-state index is 0.275. The van der Waals surface area contributed by atoms with Gasteiger partial charge < -0.3 is 19.9 Å². The van der Waals surface area contributed by atoms with Crippen molar-refractivity contribution in [3.8, 4) is 0 Å². The number of aryl methyl sites for hydroxylation is 1. The first-order valence-corrected chi connectivity index (χ1v) is 8.48. The van der Waals surface area contributed by atoms with Crippen LogP contribution in [0, 0.1) is 12.8 Å². The van der Waals surface area contributed by atoms with Crippen LogP contribution in [-0.4, -0.2) is 46.5 Å². The molecule has 2 N–H and O–H groups in total. The quantitative estimate of drug-likeness (QED) is 0.533. The van der Waals surface area contributed by atoms with Crippen LogP contribution in [0.2, 0.25) is 0 Å². The van der Waals surface area contributed by atoms with Crippen molar-refractivity contribution in [1.82, 2.24) is 25.4 Å². The van der Waals surface area contributed by atoms with Gasteiger partial charge in [0, 0.05) is 26.7 Å². The molecule has 0 fully saturated rings. The molecule has 0 amide bonds. The number of aliphatic imine (C=N–C) groups is 1. The first-order valence-electron chi connectivity index (χ1n) is 8.48. The number of hydrogen-bond donors (Lipinski definition) is 2. The van der Waals surface area contributed by atoms with Crippen LogP contribution in [0.3, 0.4) is 0 Å². The Bertz CT molecular complexity index is 483. The zero-order valence-electron chi connectivity index (χ0n) is 15.4. The van der Waals surface area contributed by atoms with Gasteiger partial charge in [-0.3, -0.25) is 0 Å². The van der Waals surface area contributed by atoms with E-state index in [9.17, 15) is 0 Å². The second kappa shape index (κ2) is 10.2. The molecule has 0 spiro atoms. The molecule has 23 heavy (non-hydrogen) atoms. The maximum atomic E-state index is 5.77. The fourth-order valence-corrected chi connectivity index (χ4v) is 2.24. The molecular formula is C16H32N6O. The molecule has 1 atom stereocenters. The summed E-state index contributed by atoms with van der Waals surface area (Å²) in [5.41, 5.74) is 0. The minimum absolute atomic E-state index is 0.275. The van der Waals surface area contributed by atoms with Crippen molar-refractivity contribution in [2.45, 2.75) is 53.7 Å². The fourth-order valence-electron chi connectivity index (χ4n) is 2.24. The van der Waals surface area contributed by atoms with Crippen LogP contribution in [0.1, 0.15) is 45.8 Å². The number of guanidine groups is 1. The van der Waals surface area contributed by atoms with Gasteiger partial charge in [0.25, 0.3) is 0 Å². The van der Waals surface area contributed by atoms with Gasteiger partial charge >= 0.3 is 0 Å². The number of nitrogens with zero attached hydrogens (tertiary/aromatic N) is 4. The van der Waals surface area contributed by atoms with E-state index in [1.54, 1.807) is 0 Å². The van der Waals surface area contributed by atoms with Gasteiger partial charge in [0.1, 0.15) is 12.4 Å². The zero-order valence-corrected chi connectivity index (χ0v) is 15.4. The van der Waals surface area contributed by atoms with Gasteiger partial charge in [-0.15, -0.1) is 10.2 Å². The molecule has 0 radical (unpaired) electrons. The van der Waals surface area contributed by atoms with E-state index in [1.165, 1.54) is 0 Å². The maximum Gasteiger partial charge on any atom is 0.191 e. The predicted octanol–water partition coefficient (Wildman–Crippen LogP) is 1.63. The number of ether oxygens (including phenoxy) is 1. The average molecular weight is 324 g/mol. The summed E-state index contributed by atoms with van der Waals surface area (Å²) in [5.74, 6) is 3.06. The molecule has 7 heteroatoms. The Morgan fingerprint density at radius 3 is 2.52 bits per heavy atom. The highest BCUT2D eigenvalue weighted by Gasteiger charge is 2.13. The fraction of sp³-hybridized carbons (Fsp3) is 0.812. The van der Waals surface area contributed by atoms with E-state index < -0.39 is 0 Å². The normalized spacial score (nSPS) is 13.4. The SMILES string of the molecule is CCNC(=NCc1nnc(C)n1C)NCCC(OCC)C(C)C. The van der Waals surface area contributed by atoms with E-state index in [2.05, 4.69) is 46.6 Å². The summed E-state index contributed by atoms with van der Waals surface area (Å²) < 4.78 is 7.73. The lowest BCUT2D eigenvalue weighted by Gasteiger charge is -2.21. The van der Waals surface area contributed by atoms with Gasteiger partial charge in [-0.1, -0.05) is 13.8 Å². The van der Waals surface area contributed by atoms with Crippen molar-refractivity contribution < 1.29 is 4.74 Å².